The molecule has 0 bridgehead atoms. The lowest BCUT2D eigenvalue weighted by Gasteiger charge is -2.26. The van der Waals surface area contributed by atoms with Crippen molar-refractivity contribution in [3.8, 4) is 11.3 Å². The van der Waals surface area contributed by atoms with E-state index >= 15 is 0 Å². The quantitative estimate of drug-likeness (QED) is 0.585. The maximum atomic E-state index is 13.0. The summed E-state index contributed by atoms with van der Waals surface area (Å²) in [5.74, 6) is -0.0495. The average Bonchev–Trinajstić information content (AvgIpc) is 3.52. The van der Waals surface area contributed by atoms with Crippen molar-refractivity contribution < 1.29 is 13.7 Å². The number of fused-ring (bicyclic) bond motifs is 1. The van der Waals surface area contributed by atoms with Gasteiger partial charge in [0.2, 0.25) is 5.91 Å². The summed E-state index contributed by atoms with van der Waals surface area (Å²) in [4.78, 5) is 20.8. The van der Waals surface area contributed by atoms with Gasteiger partial charge in [0.25, 0.3) is 0 Å². The van der Waals surface area contributed by atoms with E-state index in [0.717, 1.165) is 40.9 Å². The van der Waals surface area contributed by atoms with E-state index in [9.17, 15) is 9.00 Å². The van der Waals surface area contributed by atoms with E-state index in [4.69, 9.17) is 4.74 Å². The summed E-state index contributed by atoms with van der Waals surface area (Å²) >= 11 is 0. The number of aromatic amines is 1. The summed E-state index contributed by atoms with van der Waals surface area (Å²) in [5.41, 5.74) is 5.51. The number of nitrogens with zero attached hydrogens (tertiary/aromatic N) is 2. The van der Waals surface area contributed by atoms with Gasteiger partial charge < -0.3 is 19.5 Å². The van der Waals surface area contributed by atoms with Gasteiger partial charge in [-0.25, -0.2) is 8.93 Å². The van der Waals surface area contributed by atoms with E-state index in [1.165, 1.54) is 18.4 Å². The number of morpholine rings is 1. The van der Waals surface area contributed by atoms with Crippen LogP contribution in [0.15, 0.2) is 47.4 Å². The monoisotopic (exact) mass is 466 g/mol. The second-order valence-electron chi connectivity index (χ2n) is 8.73. The van der Waals surface area contributed by atoms with Crippen LogP contribution in [0.4, 0.5) is 5.69 Å². The molecule has 3 aromatic rings. The summed E-state index contributed by atoms with van der Waals surface area (Å²) in [5, 5.41) is 1.16. The minimum Gasteiger partial charge on any atom is -0.378 e. The molecule has 1 aromatic heterocycles. The summed E-state index contributed by atoms with van der Waals surface area (Å²) in [7, 11) is -1.48. The number of ether oxygens (including phenoxy) is 1. The molecule has 3 heterocycles. The van der Waals surface area contributed by atoms with Crippen LogP contribution in [0.25, 0.3) is 22.2 Å². The van der Waals surface area contributed by atoms with E-state index in [2.05, 4.69) is 51.9 Å². The number of carbonyl (C=O) groups is 1. The second kappa shape index (κ2) is 9.67. The van der Waals surface area contributed by atoms with E-state index in [0.29, 0.717) is 31.2 Å². The molecule has 0 spiro atoms. The third-order valence-corrected chi connectivity index (χ3v) is 7.50. The lowest BCUT2D eigenvalue weighted by molar-refractivity contribution is -0.133. The van der Waals surface area contributed by atoms with Crippen molar-refractivity contribution in [1.82, 2.24) is 14.6 Å². The standard InChI is InChI=1S/C25H30N4O3S/c1-18-4-5-19-15-23(27-22(19)14-18)21-16-20(6-7-24(21)28-8-2-3-9-28)33(31)26-17-25(30)29-10-12-32-13-11-29/h4-7,14-16,26-27H,2-3,8-13,17H2,1H3. The van der Waals surface area contributed by atoms with Crippen LogP contribution in [-0.2, 0) is 20.5 Å². The van der Waals surface area contributed by atoms with Crippen molar-refractivity contribution in [2.75, 3.05) is 50.8 Å². The highest BCUT2D eigenvalue weighted by Crippen LogP contribution is 2.35. The van der Waals surface area contributed by atoms with Crippen molar-refractivity contribution in [2.24, 2.45) is 0 Å². The van der Waals surface area contributed by atoms with Crippen molar-refractivity contribution in [3.05, 3.63) is 48.0 Å². The fraction of sp³-hybridized carbons (Fsp3) is 0.400. The zero-order valence-electron chi connectivity index (χ0n) is 18.9. The molecule has 2 aliphatic rings. The predicted molar refractivity (Wildman–Crippen MR) is 132 cm³/mol. The van der Waals surface area contributed by atoms with E-state index in [-0.39, 0.29) is 12.5 Å². The lowest BCUT2D eigenvalue weighted by atomic mass is 10.1. The molecule has 1 amide bonds. The van der Waals surface area contributed by atoms with E-state index < -0.39 is 11.0 Å². The average molecular weight is 467 g/mol. The van der Waals surface area contributed by atoms with Crippen molar-refractivity contribution in [3.63, 3.8) is 0 Å². The molecule has 2 fully saturated rings. The van der Waals surface area contributed by atoms with Gasteiger partial charge in [0, 0.05) is 54.0 Å². The zero-order valence-corrected chi connectivity index (χ0v) is 19.7. The third-order valence-electron chi connectivity index (χ3n) is 6.42. The molecular weight excluding hydrogens is 436 g/mol. The van der Waals surface area contributed by atoms with Gasteiger partial charge in [0.05, 0.1) is 24.7 Å². The van der Waals surface area contributed by atoms with Gasteiger partial charge in [-0.2, -0.15) is 0 Å². The number of anilines is 1. The molecule has 7 nitrogen and oxygen atoms in total. The number of aryl methyl sites for hydroxylation is 1. The summed E-state index contributed by atoms with van der Waals surface area (Å²) in [6.45, 7) is 6.47. The van der Waals surface area contributed by atoms with Crippen LogP contribution in [-0.4, -0.2) is 65.9 Å². The van der Waals surface area contributed by atoms with Crippen LogP contribution < -0.4 is 9.62 Å². The zero-order chi connectivity index (χ0) is 22.8. The van der Waals surface area contributed by atoms with Gasteiger partial charge in [-0.05, 0) is 55.7 Å². The summed E-state index contributed by atoms with van der Waals surface area (Å²) in [6.07, 6.45) is 2.37. The van der Waals surface area contributed by atoms with Crippen molar-refractivity contribution in [2.45, 2.75) is 24.7 Å². The fourth-order valence-corrected chi connectivity index (χ4v) is 5.44. The molecule has 5 rings (SSSR count). The Morgan fingerprint density at radius 2 is 1.85 bits per heavy atom. The normalized spacial score (nSPS) is 17.6. The minimum atomic E-state index is -1.48. The summed E-state index contributed by atoms with van der Waals surface area (Å²) in [6, 6.07) is 14.5. The molecule has 1 atom stereocenters. The first kappa shape index (κ1) is 22.1. The van der Waals surface area contributed by atoms with Crippen LogP contribution in [0.2, 0.25) is 0 Å². The number of hydrogen-bond acceptors (Lipinski definition) is 4. The van der Waals surface area contributed by atoms with Crippen LogP contribution in [0.1, 0.15) is 18.4 Å². The Labute approximate surface area is 196 Å². The molecule has 2 aromatic carbocycles. The van der Waals surface area contributed by atoms with Crippen LogP contribution in [0.3, 0.4) is 0 Å². The van der Waals surface area contributed by atoms with Crippen molar-refractivity contribution >= 4 is 33.5 Å². The molecular formula is C25H30N4O3S. The molecule has 8 heteroatoms. The first-order valence-electron chi connectivity index (χ1n) is 11.6. The predicted octanol–water partition coefficient (Wildman–Crippen LogP) is 3.21. The van der Waals surface area contributed by atoms with Crippen LogP contribution in [0.5, 0.6) is 0 Å². The Kier molecular flexibility index (Phi) is 6.48. The lowest BCUT2D eigenvalue weighted by Crippen LogP contribution is -2.44. The van der Waals surface area contributed by atoms with Crippen LogP contribution in [0, 0.1) is 6.92 Å². The maximum Gasteiger partial charge on any atom is 0.237 e. The molecule has 33 heavy (non-hydrogen) atoms. The second-order valence-corrected chi connectivity index (χ2v) is 10.0. The molecule has 2 saturated heterocycles. The Balaban J connectivity index is 1.41. The highest BCUT2D eigenvalue weighted by Gasteiger charge is 2.21. The van der Waals surface area contributed by atoms with Gasteiger partial charge in [-0.15, -0.1) is 0 Å². The molecule has 174 valence electrons. The Morgan fingerprint density at radius 3 is 2.64 bits per heavy atom. The Hall–Kier alpha value is -2.68. The van der Waals surface area contributed by atoms with Crippen LogP contribution >= 0.6 is 0 Å². The number of amides is 1. The molecule has 2 N–H and O–H groups in total. The van der Waals surface area contributed by atoms with Crippen molar-refractivity contribution in [1.29, 1.82) is 0 Å². The number of H-pyrrole nitrogens is 1. The number of aromatic nitrogens is 1. The molecule has 1 unspecified atom stereocenters. The fourth-order valence-electron chi connectivity index (χ4n) is 4.60. The van der Waals surface area contributed by atoms with Gasteiger partial charge in [-0.3, -0.25) is 4.79 Å². The topological polar surface area (TPSA) is 77.7 Å². The first-order valence-corrected chi connectivity index (χ1v) is 12.7. The molecule has 0 saturated carbocycles. The van der Waals surface area contributed by atoms with Gasteiger partial charge in [0.15, 0.2) is 0 Å². The molecule has 0 aliphatic carbocycles. The molecule has 0 radical (unpaired) electrons. The molecule has 2 aliphatic heterocycles. The van der Waals surface area contributed by atoms with Gasteiger partial charge in [-0.1, -0.05) is 12.1 Å². The summed E-state index contributed by atoms with van der Waals surface area (Å²) < 4.78 is 21.3. The number of benzene rings is 2. The largest absolute Gasteiger partial charge is 0.378 e. The Morgan fingerprint density at radius 1 is 1.06 bits per heavy atom. The first-order chi connectivity index (χ1) is 16.1. The number of hydrogen-bond donors (Lipinski definition) is 2. The highest BCUT2D eigenvalue weighted by atomic mass is 32.2. The third kappa shape index (κ3) is 4.83. The minimum absolute atomic E-state index is 0.0431. The number of nitrogens with one attached hydrogen (secondary N) is 2. The van der Waals surface area contributed by atoms with E-state index in [1.807, 2.05) is 12.1 Å². The Bertz CT molecular complexity index is 1180. The van der Waals surface area contributed by atoms with E-state index in [1.54, 1.807) is 4.90 Å². The van der Waals surface area contributed by atoms with Gasteiger partial charge >= 0.3 is 0 Å². The smallest absolute Gasteiger partial charge is 0.237 e. The number of rotatable bonds is 6. The van der Waals surface area contributed by atoms with Gasteiger partial charge in [0.1, 0.15) is 11.0 Å². The maximum absolute atomic E-state index is 13.0. The SMILES string of the molecule is Cc1ccc2cc(-c3cc(S(=O)NCC(=O)N4CCOCC4)ccc3N3CCCC3)[nH]c2c1. The highest BCUT2D eigenvalue weighted by molar-refractivity contribution is 7.83. The number of carbonyl (C=O) groups excluding carboxylic acids is 1.